The van der Waals surface area contributed by atoms with Gasteiger partial charge in [-0.1, -0.05) is 56.3 Å². The molecule has 2 aromatic carbocycles. The molecule has 0 spiro atoms. The van der Waals surface area contributed by atoms with Gasteiger partial charge in [0.2, 0.25) is 5.91 Å². The first-order valence-corrected chi connectivity index (χ1v) is 8.85. The van der Waals surface area contributed by atoms with Crippen molar-refractivity contribution < 1.29 is 4.79 Å². The van der Waals surface area contributed by atoms with E-state index in [1.807, 2.05) is 63.4 Å². The number of carbonyl (C=O) groups is 1. The van der Waals surface area contributed by atoms with Gasteiger partial charge < -0.3 is 15.5 Å². The molecule has 0 aliphatic rings. The van der Waals surface area contributed by atoms with E-state index in [9.17, 15) is 4.79 Å². The van der Waals surface area contributed by atoms with E-state index >= 15 is 0 Å². The second-order valence-corrected chi connectivity index (χ2v) is 6.58. The van der Waals surface area contributed by atoms with Gasteiger partial charge in [0.25, 0.3) is 0 Å². The van der Waals surface area contributed by atoms with Crippen molar-refractivity contribution in [2.45, 2.75) is 26.9 Å². The van der Waals surface area contributed by atoms with Crippen molar-refractivity contribution >= 4 is 17.6 Å². The maximum absolute atomic E-state index is 11.7. The van der Waals surface area contributed by atoms with Crippen LogP contribution in [-0.2, 0) is 17.9 Å². The molecule has 1 amide bonds. The van der Waals surface area contributed by atoms with E-state index in [0.717, 1.165) is 23.8 Å². The van der Waals surface area contributed by atoms with Crippen LogP contribution in [0.1, 0.15) is 25.0 Å². The van der Waals surface area contributed by atoms with Crippen molar-refractivity contribution in [1.29, 1.82) is 0 Å². The molecule has 0 radical (unpaired) electrons. The Bertz CT molecular complexity index is 723. The quantitative estimate of drug-likeness (QED) is 0.618. The van der Waals surface area contributed by atoms with Crippen molar-refractivity contribution in [3.8, 4) is 0 Å². The molecule has 26 heavy (non-hydrogen) atoms. The first-order chi connectivity index (χ1) is 12.5. The molecule has 0 bridgehead atoms. The van der Waals surface area contributed by atoms with Crippen LogP contribution < -0.4 is 10.6 Å². The van der Waals surface area contributed by atoms with Crippen molar-refractivity contribution in [3.05, 3.63) is 65.7 Å². The molecular formula is C21H28N4O. The summed E-state index contributed by atoms with van der Waals surface area (Å²) in [4.78, 5) is 18.2. The van der Waals surface area contributed by atoms with Gasteiger partial charge in [0.1, 0.15) is 0 Å². The molecule has 0 saturated carbocycles. The minimum absolute atomic E-state index is 0.0267. The zero-order chi connectivity index (χ0) is 18.9. The lowest BCUT2D eigenvalue weighted by Crippen LogP contribution is -2.38. The SMILES string of the molecule is CN=C(NCc1ccc(NC(=O)C(C)C)cc1)N(C)Cc1ccccc1. The zero-order valence-electron chi connectivity index (χ0n) is 16.0. The molecule has 138 valence electrons. The van der Waals surface area contributed by atoms with Crippen LogP contribution in [-0.4, -0.2) is 30.9 Å². The van der Waals surface area contributed by atoms with Crippen LogP contribution in [0.25, 0.3) is 0 Å². The highest BCUT2D eigenvalue weighted by Crippen LogP contribution is 2.11. The van der Waals surface area contributed by atoms with Gasteiger partial charge >= 0.3 is 0 Å². The van der Waals surface area contributed by atoms with E-state index in [4.69, 9.17) is 0 Å². The van der Waals surface area contributed by atoms with Gasteiger partial charge in [0.05, 0.1) is 0 Å². The molecular weight excluding hydrogens is 324 g/mol. The molecule has 0 aliphatic heterocycles. The fourth-order valence-electron chi connectivity index (χ4n) is 2.49. The summed E-state index contributed by atoms with van der Waals surface area (Å²) in [7, 11) is 3.81. The molecule has 0 saturated heterocycles. The lowest BCUT2D eigenvalue weighted by Gasteiger charge is -2.22. The van der Waals surface area contributed by atoms with Crippen molar-refractivity contribution in [1.82, 2.24) is 10.2 Å². The predicted molar refractivity (Wildman–Crippen MR) is 108 cm³/mol. The molecule has 5 heteroatoms. The van der Waals surface area contributed by atoms with Crippen LogP contribution in [0, 0.1) is 5.92 Å². The predicted octanol–water partition coefficient (Wildman–Crippen LogP) is 3.49. The number of hydrogen-bond donors (Lipinski definition) is 2. The van der Waals surface area contributed by atoms with Crippen LogP contribution in [0.2, 0.25) is 0 Å². The molecule has 0 heterocycles. The van der Waals surface area contributed by atoms with Crippen LogP contribution in [0.15, 0.2) is 59.6 Å². The highest BCUT2D eigenvalue weighted by atomic mass is 16.1. The standard InChI is InChI=1S/C21H28N4O/c1-16(2)20(26)24-19-12-10-17(11-13-19)14-23-21(22-3)25(4)15-18-8-6-5-7-9-18/h5-13,16H,14-15H2,1-4H3,(H,22,23)(H,24,26). The Labute approximate surface area is 156 Å². The number of amides is 1. The minimum Gasteiger partial charge on any atom is -0.352 e. The number of anilines is 1. The Kier molecular flexibility index (Phi) is 7.21. The third-order valence-corrected chi connectivity index (χ3v) is 4.03. The number of nitrogens with one attached hydrogen (secondary N) is 2. The van der Waals surface area contributed by atoms with Gasteiger partial charge in [-0.3, -0.25) is 9.79 Å². The van der Waals surface area contributed by atoms with Gasteiger partial charge in [-0.15, -0.1) is 0 Å². The molecule has 2 rings (SSSR count). The van der Waals surface area contributed by atoms with E-state index < -0.39 is 0 Å². The lowest BCUT2D eigenvalue weighted by molar-refractivity contribution is -0.118. The van der Waals surface area contributed by atoms with Crippen LogP contribution in [0.3, 0.4) is 0 Å². The van der Waals surface area contributed by atoms with E-state index in [0.29, 0.717) is 6.54 Å². The summed E-state index contributed by atoms with van der Waals surface area (Å²) in [6.45, 7) is 5.22. The number of aliphatic imine (C=N–C) groups is 1. The van der Waals surface area contributed by atoms with E-state index in [-0.39, 0.29) is 11.8 Å². The number of guanidine groups is 1. The third kappa shape index (κ3) is 5.92. The van der Waals surface area contributed by atoms with Crippen LogP contribution in [0.4, 0.5) is 5.69 Å². The summed E-state index contributed by atoms with van der Waals surface area (Å²) in [6, 6.07) is 18.2. The summed E-state index contributed by atoms with van der Waals surface area (Å²) in [5, 5.41) is 6.27. The Morgan fingerprint density at radius 1 is 1.04 bits per heavy atom. The van der Waals surface area contributed by atoms with Crippen molar-refractivity contribution in [3.63, 3.8) is 0 Å². The van der Waals surface area contributed by atoms with Gasteiger partial charge in [0, 0.05) is 38.8 Å². The minimum atomic E-state index is -0.0279. The first kappa shape index (κ1) is 19.5. The summed E-state index contributed by atoms with van der Waals surface area (Å²) >= 11 is 0. The largest absolute Gasteiger partial charge is 0.352 e. The second kappa shape index (κ2) is 9.61. The molecule has 0 aromatic heterocycles. The Morgan fingerprint density at radius 3 is 2.27 bits per heavy atom. The topological polar surface area (TPSA) is 56.7 Å². The maximum atomic E-state index is 11.7. The van der Waals surface area contributed by atoms with Crippen LogP contribution in [0.5, 0.6) is 0 Å². The monoisotopic (exact) mass is 352 g/mol. The van der Waals surface area contributed by atoms with Gasteiger partial charge in [-0.2, -0.15) is 0 Å². The molecule has 0 unspecified atom stereocenters. The lowest BCUT2D eigenvalue weighted by atomic mass is 10.1. The van der Waals surface area contributed by atoms with E-state index in [2.05, 4.69) is 32.7 Å². The molecule has 0 aliphatic carbocycles. The molecule has 2 aromatic rings. The number of rotatable bonds is 6. The number of benzene rings is 2. The summed E-state index contributed by atoms with van der Waals surface area (Å²) in [5.74, 6) is 0.838. The average molecular weight is 352 g/mol. The van der Waals surface area contributed by atoms with Gasteiger partial charge in [0.15, 0.2) is 5.96 Å². The highest BCUT2D eigenvalue weighted by Gasteiger charge is 2.08. The number of nitrogens with zero attached hydrogens (tertiary/aromatic N) is 2. The Morgan fingerprint density at radius 2 is 1.69 bits per heavy atom. The van der Waals surface area contributed by atoms with Gasteiger partial charge in [-0.05, 0) is 23.3 Å². The van der Waals surface area contributed by atoms with E-state index in [1.165, 1.54) is 5.56 Å². The maximum Gasteiger partial charge on any atom is 0.226 e. The summed E-state index contributed by atoms with van der Waals surface area (Å²) in [6.07, 6.45) is 0. The smallest absolute Gasteiger partial charge is 0.226 e. The zero-order valence-corrected chi connectivity index (χ0v) is 16.0. The fourth-order valence-corrected chi connectivity index (χ4v) is 2.49. The van der Waals surface area contributed by atoms with Crippen LogP contribution >= 0.6 is 0 Å². The second-order valence-electron chi connectivity index (χ2n) is 6.58. The molecule has 0 fully saturated rings. The summed E-state index contributed by atoms with van der Waals surface area (Å²) in [5.41, 5.74) is 3.18. The molecule has 0 atom stereocenters. The van der Waals surface area contributed by atoms with E-state index in [1.54, 1.807) is 7.05 Å². The average Bonchev–Trinajstić information content (AvgIpc) is 2.64. The third-order valence-electron chi connectivity index (χ3n) is 4.03. The highest BCUT2D eigenvalue weighted by molar-refractivity contribution is 5.92. The fraction of sp³-hybridized carbons (Fsp3) is 0.333. The van der Waals surface area contributed by atoms with Crippen molar-refractivity contribution in [2.24, 2.45) is 10.9 Å². The number of carbonyl (C=O) groups excluding carboxylic acids is 1. The summed E-state index contributed by atoms with van der Waals surface area (Å²) < 4.78 is 0. The Balaban J connectivity index is 1.88. The molecule has 5 nitrogen and oxygen atoms in total. The normalized spacial score (nSPS) is 11.3. The molecule has 2 N–H and O–H groups in total. The Hall–Kier alpha value is -2.82. The number of hydrogen-bond acceptors (Lipinski definition) is 2. The van der Waals surface area contributed by atoms with Crippen molar-refractivity contribution in [2.75, 3.05) is 19.4 Å². The van der Waals surface area contributed by atoms with Gasteiger partial charge in [-0.25, -0.2) is 0 Å². The first-order valence-electron chi connectivity index (χ1n) is 8.85.